The maximum absolute atomic E-state index is 12.1. The third kappa shape index (κ3) is 5.38. The quantitative estimate of drug-likeness (QED) is 0.724. The number of carbonyl (C=O) groups is 2. The minimum Gasteiger partial charge on any atom is -0.493 e. The average Bonchev–Trinajstić information content (AvgIpc) is 2.59. The van der Waals surface area contributed by atoms with Crippen molar-refractivity contribution in [3.63, 3.8) is 0 Å². The fourth-order valence-electron chi connectivity index (χ4n) is 1.91. The summed E-state index contributed by atoms with van der Waals surface area (Å²) in [4.78, 5) is 24.0. The normalized spacial score (nSPS) is 12.7. The monoisotopic (exact) mass is 348 g/mol. The molecule has 0 spiro atoms. The Morgan fingerprint density at radius 2 is 2.00 bits per heavy atom. The molecule has 0 fully saturated rings. The zero-order valence-electron chi connectivity index (χ0n) is 15.2. The first-order valence-electron chi connectivity index (χ1n) is 7.97. The van der Waals surface area contributed by atoms with E-state index in [1.165, 1.54) is 19.2 Å². The molecule has 0 radical (unpaired) electrons. The molecule has 0 bridgehead atoms. The standard InChI is InChI=1S/C18H24N2O5/c1-6-24-14-8-7-13(9-15(14)23-5)17(22)25-10-16(21)20-18(4,11-19)12(2)3/h7-9,12H,6,10H2,1-5H3,(H,20,21). The Balaban J connectivity index is 2.71. The third-order valence-electron chi connectivity index (χ3n) is 3.82. The largest absolute Gasteiger partial charge is 0.493 e. The molecule has 0 aliphatic rings. The van der Waals surface area contributed by atoms with Gasteiger partial charge in [0.25, 0.3) is 5.91 Å². The van der Waals surface area contributed by atoms with E-state index >= 15 is 0 Å². The van der Waals surface area contributed by atoms with Gasteiger partial charge < -0.3 is 19.5 Å². The topological polar surface area (TPSA) is 97.6 Å². The molecule has 0 aliphatic heterocycles. The van der Waals surface area contributed by atoms with Gasteiger partial charge in [0.2, 0.25) is 0 Å². The lowest BCUT2D eigenvalue weighted by Crippen LogP contribution is -2.50. The average molecular weight is 348 g/mol. The van der Waals surface area contributed by atoms with E-state index in [0.29, 0.717) is 18.1 Å². The van der Waals surface area contributed by atoms with Crippen LogP contribution in [0.25, 0.3) is 0 Å². The zero-order chi connectivity index (χ0) is 19.0. The number of esters is 1. The highest BCUT2D eigenvalue weighted by molar-refractivity contribution is 5.92. The lowest BCUT2D eigenvalue weighted by atomic mass is 9.90. The molecule has 1 atom stereocenters. The summed E-state index contributed by atoms with van der Waals surface area (Å²) in [5.74, 6) is -0.380. The molecule has 1 amide bonds. The summed E-state index contributed by atoms with van der Waals surface area (Å²) in [5, 5.41) is 11.8. The Kier molecular flexibility index (Phi) is 7.24. The summed E-state index contributed by atoms with van der Waals surface area (Å²) >= 11 is 0. The molecule has 1 aromatic rings. The van der Waals surface area contributed by atoms with Crippen LogP contribution in [-0.4, -0.2) is 37.7 Å². The molecule has 1 rings (SSSR count). The van der Waals surface area contributed by atoms with E-state index in [1.807, 2.05) is 20.8 Å². The number of nitrogens with zero attached hydrogens (tertiary/aromatic N) is 1. The number of amides is 1. The molecular weight excluding hydrogens is 324 g/mol. The molecule has 0 aliphatic carbocycles. The Morgan fingerprint density at radius 1 is 1.32 bits per heavy atom. The van der Waals surface area contributed by atoms with Crippen LogP contribution in [-0.2, 0) is 9.53 Å². The van der Waals surface area contributed by atoms with Gasteiger partial charge in [0, 0.05) is 0 Å². The molecule has 0 saturated carbocycles. The summed E-state index contributed by atoms with van der Waals surface area (Å²) in [6, 6.07) is 6.67. The highest BCUT2D eigenvalue weighted by Crippen LogP contribution is 2.28. The van der Waals surface area contributed by atoms with E-state index in [1.54, 1.807) is 13.0 Å². The Labute approximate surface area is 147 Å². The van der Waals surface area contributed by atoms with Gasteiger partial charge in [-0.3, -0.25) is 4.79 Å². The van der Waals surface area contributed by atoms with E-state index in [2.05, 4.69) is 11.4 Å². The second-order valence-electron chi connectivity index (χ2n) is 5.89. The molecule has 0 heterocycles. The predicted octanol–water partition coefficient (Wildman–Crippen LogP) is 2.31. The predicted molar refractivity (Wildman–Crippen MR) is 91.4 cm³/mol. The van der Waals surface area contributed by atoms with Crippen LogP contribution in [0.5, 0.6) is 11.5 Å². The van der Waals surface area contributed by atoms with Crippen molar-refractivity contribution in [2.24, 2.45) is 5.92 Å². The maximum Gasteiger partial charge on any atom is 0.338 e. The number of hydrogen-bond acceptors (Lipinski definition) is 6. The van der Waals surface area contributed by atoms with E-state index in [4.69, 9.17) is 14.2 Å². The van der Waals surface area contributed by atoms with Crippen molar-refractivity contribution < 1.29 is 23.8 Å². The number of nitrogens with one attached hydrogen (secondary N) is 1. The molecule has 7 heteroatoms. The van der Waals surface area contributed by atoms with Crippen molar-refractivity contribution in [1.82, 2.24) is 5.32 Å². The van der Waals surface area contributed by atoms with Crippen LogP contribution < -0.4 is 14.8 Å². The van der Waals surface area contributed by atoms with Gasteiger partial charge >= 0.3 is 5.97 Å². The maximum atomic E-state index is 12.1. The number of hydrogen-bond donors (Lipinski definition) is 1. The fourth-order valence-corrected chi connectivity index (χ4v) is 1.91. The molecule has 0 aromatic heterocycles. The number of ether oxygens (including phenoxy) is 3. The van der Waals surface area contributed by atoms with Crippen LogP contribution in [0.3, 0.4) is 0 Å². The first-order valence-corrected chi connectivity index (χ1v) is 7.97. The van der Waals surface area contributed by atoms with Crippen LogP contribution >= 0.6 is 0 Å². The van der Waals surface area contributed by atoms with Crippen LogP contribution in [0.15, 0.2) is 18.2 Å². The van der Waals surface area contributed by atoms with Crippen molar-refractivity contribution in [2.75, 3.05) is 20.3 Å². The van der Waals surface area contributed by atoms with Gasteiger partial charge in [0.05, 0.1) is 25.3 Å². The van der Waals surface area contributed by atoms with Gasteiger partial charge in [0.1, 0.15) is 5.54 Å². The smallest absolute Gasteiger partial charge is 0.338 e. The molecule has 1 N–H and O–H groups in total. The summed E-state index contributed by atoms with van der Waals surface area (Å²) in [6.45, 7) is 7.09. The van der Waals surface area contributed by atoms with Crippen LogP contribution in [0.2, 0.25) is 0 Å². The molecule has 1 aromatic carbocycles. The SMILES string of the molecule is CCOc1ccc(C(=O)OCC(=O)NC(C)(C#N)C(C)C)cc1OC. The Morgan fingerprint density at radius 3 is 2.52 bits per heavy atom. The minimum absolute atomic E-state index is 0.0903. The first kappa shape index (κ1) is 20.3. The van der Waals surface area contributed by atoms with Crippen LogP contribution in [0.4, 0.5) is 0 Å². The third-order valence-corrected chi connectivity index (χ3v) is 3.82. The fraction of sp³-hybridized carbons (Fsp3) is 0.500. The van der Waals surface area contributed by atoms with E-state index in [0.717, 1.165) is 0 Å². The highest BCUT2D eigenvalue weighted by atomic mass is 16.5. The molecule has 25 heavy (non-hydrogen) atoms. The van der Waals surface area contributed by atoms with Crippen molar-refractivity contribution in [2.45, 2.75) is 33.2 Å². The molecular formula is C18H24N2O5. The summed E-state index contributed by atoms with van der Waals surface area (Å²) < 4.78 is 15.6. The van der Waals surface area contributed by atoms with Gasteiger partial charge in [-0.25, -0.2) is 4.79 Å². The van der Waals surface area contributed by atoms with Crippen molar-refractivity contribution in [3.8, 4) is 17.6 Å². The Hall–Kier alpha value is -2.75. The number of benzene rings is 1. The second-order valence-corrected chi connectivity index (χ2v) is 5.89. The Bertz CT molecular complexity index is 666. The van der Waals surface area contributed by atoms with Gasteiger partial charge in [-0.15, -0.1) is 0 Å². The summed E-state index contributed by atoms with van der Waals surface area (Å²) in [6.07, 6.45) is 0. The van der Waals surface area contributed by atoms with Gasteiger partial charge in [0.15, 0.2) is 18.1 Å². The molecule has 0 saturated heterocycles. The zero-order valence-corrected chi connectivity index (χ0v) is 15.2. The summed E-state index contributed by atoms with van der Waals surface area (Å²) in [7, 11) is 1.47. The molecule has 7 nitrogen and oxygen atoms in total. The highest BCUT2D eigenvalue weighted by Gasteiger charge is 2.30. The van der Waals surface area contributed by atoms with Gasteiger partial charge in [-0.05, 0) is 38.0 Å². The number of rotatable bonds is 8. The number of carbonyl (C=O) groups excluding carboxylic acids is 2. The number of nitriles is 1. The van der Waals surface area contributed by atoms with Gasteiger partial charge in [-0.2, -0.15) is 5.26 Å². The van der Waals surface area contributed by atoms with Crippen molar-refractivity contribution in [1.29, 1.82) is 5.26 Å². The minimum atomic E-state index is -1.02. The lowest BCUT2D eigenvalue weighted by Gasteiger charge is -2.27. The number of methoxy groups -OCH3 is 1. The van der Waals surface area contributed by atoms with Crippen LogP contribution in [0, 0.1) is 17.2 Å². The van der Waals surface area contributed by atoms with Crippen molar-refractivity contribution >= 4 is 11.9 Å². The molecule has 136 valence electrons. The van der Waals surface area contributed by atoms with E-state index in [9.17, 15) is 14.9 Å². The first-order chi connectivity index (χ1) is 11.8. The summed E-state index contributed by atoms with van der Waals surface area (Å²) in [5.41, 5.74) is -0.786. The van der Waals surface area contributed by atoms with Crippen molar-refractivity contribution in [3.05, 3.63) is 23.8 Å². The molecule has 1 unspecified atom stereocenters. The van der Waals surface area contributed by atoms with E-state index < -0.39 is 24.0 Å². The van der Waals surface area contributed by atoms with E-state index in [-0.39, 0.29) is 11.5 Å². The van der Waals surface area contributed by atoms with Crippen LogP contribution in [0.1, 0.15) is 38.1 Å². The van der Waals surface area contributed by atoms with Gasteiger partial charge in [-0.1, -0.05) is 13.8 Å². The second kappa shape index (κ2) is 8.92. The lowest BCUT2D eigenvalue weighted by molar-refractivity contribution is -0.125.